The van der Waals surface area contributed by atoms with Gasteiger partial charge in [0, 0.05) is 28.9 Å². The maximum Gasteiger partial charge on any atom is 0.239 e. The highest BCUT2D eigenvalue weighted by atomic mass is 32.1. The Bertz CT molecular complexity index is 441. The zero-order chi connectivity index (χ0) is 14.5. The van der Waals surface area contributed by atoms with E-state index < -0.39 is 0 Å². The van der Waals surface area contributed by atoms with E-state index in [2.05, 4.69) is 38.2 Å². The van der Waals surface area contributed by atoms with Crippen LogP contribution < -0.4 is 5.32 Å². The van der Waals surface area contributed by atoms with Gasteiger partial charge in [-0.15, -0.1) is 11.3 Å². The second kappa shape index (κ2) is 7.20. The van der Waals surface area contributed by atoms with Gasteiger partial charge in [-0.3, -0.25) is 10.1 Å². The Morgan fingerprint density at radius 2 is 2.15 bits per heavy atom. The summed E-state index contributed by atoms with van der Waals surface area (Å²) in [6, 6.07) is 4.38. The van der Waals surface area contributed by atoms with Crippen molar-refractivity contribution in [2.75, 3.05) is 26.3 Å². The quantitative estimate of drug-likeness (QED) is 0.907. The second-order valence-electron chi connectivity index (χ2n) is 5.24. The molecule has 20 heavy (non-hydrogen) atoms. The molecule has 1 aliphatic heterocycles. The van der Waals surface area contributed by atoms with Gasteiger partial charge in [-0.25, -0.2) is 0 Å². The fourth-order valence-electron chi connectivity index (χ4n) is 2.44. The van der Waals surface area contributed by atoms with Crippen LogP contribution in [0.5, 0.6) is 0 Å². The van der Waals surface area contributed by atoms with Crippen LogP contribution in [0.1, 0.15) is 36.1 Å². The van der Waals surface area contributed by atoms with Gasteiger partial charge in [0.05, 0.1) is 19.3 Å². The van der Waals surface area contributed by atoms with Crippen LogP contribution in [0.15, 0.2) is 12.1 Å². The van der Waals surface area contributed by atoms with Gasteiger partial charge in [0.25, 0.3) is 0 Å². The SMILES string of the molecule is CC[C@@H](N[C@H](C)c1ccc(C)s1)C(=O)N1CCOCC1. The van der Waals surface area contributed by atoms with E-state index in [1.807, 2.05) is 4.90 Å². The van der Waals surface area contributed by atoms with E-state index in [1.165, 1.54) is 9.75 Å². The molecule has 0 radical (unpaired) electrons. The maximum absolute atomic E-state index is 12.5. The first kappa shape index (κ1) is 15.5. The second-order valence-corrected chi connectivity index (χ2v) is 6.55. The Morgan fingerprint density at radius 3 is 2.70 bits per heavy atom. The highest BCUT2D eigenvalue weighted by Gasteiger charge is 2.26. The number of amides is 1. The summed E-state index contributed by atoms with van der Waals surface area (Å²) < 4.78 is 5.30. The lowest BCUT2D eigenvalue weighted by Gasteiger charge is -2.31. The molecule has 1 fully saturated rings. The summed E-state index contributed by atoms with van der Waals surface area (Å²) in [6.45, 7) is 9.02. The largest absolute Gasteiger partial charge is 0.378 e. The molecule has 0 unspecified atom stereocenters. The van der Waals surface area contributed by atoms with Gasteiger partial charge in [0.2, 0.25) is 5.91 Å². The number of thiophene rings is 1. The van der Waals surface area contributed by atoms with Crippen molar-refractivity contribution in [1.29, 1.82) is 0 Å². The number of aryl methyl sites for hydroxylation is 1. The van der Waals surface area contributed by atoms with Gasteiger partial charge in [-0.1, -0.05) is 6.92 Å². The van der Waals surface area contributed by atoms with Crippen LogP contribution in [0.4, 0.5) is 0 Å². The van der Waals surface area contributed by atoms with E-state index in [9.17, 15) is 4.79 Å². The summed E-state index contributed by atoms with van der Waals surface area (Å²) >= 11 is 1.79. The van der Waals surface area contributed by atoms with Crippen molar-refractivity contribution in [3.8, 4) is 0 Å². The molecule has 2 atom stereocenters. The summed E-state index contributed by atoms with van der Waals surface area (Å²) in [5.41, 5.74) is 0. The van der Waals surface area contributed by atoms with Crippen LogP contribution >= 0.6 is 11.3 Å². The molecule has 0 aromatic carbocycles. The monoisotopic (exact) mass is 296 g/mol. The van der Waals surface area contributed by atoms with Crippen molar-refractivity contribution >= 4 is 17.2 Å². The predicted molar refractivity (Wildman–Crippen MR) is 82.1 cm³/mol. The van der Waals surface area contributed by atoms with E-state index in [4.69, 9.17) is 4.74 Å². The van der Waals surface area contributed by atoms with Crippen molar-refractivity contribution in [3.05, 3.63) is 21.9 Å². The number of hydrogen-bond donors (Lipinski definition) is 1. The standard InChI is InChI=1S/C15H24N2O2S/c1-4-13(15(18)17-7-9-19-10-8-17)16-12(3)14-6-5-11(2)20-14/h5-6,12-13,16H,4,7-10H2,1-3H3/t12-,13-/m1/s1. The normalized spacial score (nSPS) is 18.9. The highest BCUT2D eigenvalue weighted by molar-refractivity contribution is 7.12. The lowest BCUT2D eigenvalue weighted by Crippen LogP contribution is -2.50. The number of carbonyl (C=O) groups excluding carboxylic acids is 1. The fraction of sp³-hybridized carbons (Fsp3) is 0.667. The van der Waals surface area contributed by atoms with Crippen molar-refractivity contribution in [2.45, 2.75) is 39.3 Å². The molecule has 2 heterocycles. The number of rotatable bonds is 5. The molecule has 0 saturated carbocycles. The topological polar surface area (TPSA) is 41.6 Å². The summed E-state index contributed by atoms with van der Waals surface area (Å²) in [5, 5.41) is 3.47. The minimum atomic E-state index is -0.106. The van der Waals surface area contributed by atoms with Crippen LogP contribution in [-0.2, 0) is 9.53 Å². The first-order chi connectivity index (χ1) is 9.61. The third-order valence-corrected chi connectivity index (χ3v) is 4.85. The summed E-state index contributed by atoms with van der Waals surface area (Å²) in [6.07, 6.45) is 0.810. The first-order valence-electron chi connectivity index (χ1n) is 7.30. The Labute approximate surface area is 125 Å². The lowest BCUT2D eigenvalue weighted by molar-refractivity contribution is -0.137. The van der Waals surface area contributed by atoms with Gasteiger partial charge < -0.3 is 9.64 Å². The summed E-state index contributed by atoms with van der Waals surface area (Å²) in [4.78, 5) is 17.0. The van der Waals surface area contributed by atoms with Crippen molar-refractivity contribution in [3.63, 3.8) is 0 Å². The zero-order valence-corrected chi connectivity index (χ0v) is 13.3. The molecular weight excluding hydrogens is 272 g/mol. The van der Waals surface area contributed by atoms with Crippen LogP contribution in [0.3, 0.4) is 0 Å². The van der Waals surface area contributed by atoms with Gasteiger partial charge in [0.15, 0.2) is 0 Å². The lowest BCUT2D eigenvalue weighted by atomic mass is 10.1. The minimum absolute atomic E-state index is 0.106. The molecule has 1 aromatic heterocycles. The third-order valence-electron chi connectivity index (χ3n) is 3.67. The number of morpholine rings is 1. The molecule has 0 spiro atoms. The summed E-state index contributed by atoms with van der Waals surface area (Å²) in [7, 11) is 0. The van der Waals surface area contributed by atoms with Crippen molar-refractivity contribution in [1.82, 2.24) is 10.2 Å². The van der Waals surface area contributed by atoms with Crippen LogP contribution in [0.2, 0.25) is 0 Å². The number of nitrogens with one attached hydrogen (secondary N) is 1. The van der Waals surface area contributed by atoms with Gasteiger partial charge in [0.1, 0.15) is 0 Å². The van der Waals surface area contributed by atoms with Crippen molar-refractivity contribution < 1.29 is 9.53 Å². The molecule has 0 aliphatic carbocycles. The number of hydrogen-bond acceptors (Lipinski definition) is 4. The molecule has 2 rings (SSSR count). The van der Waals surface area contributed by atoms with E-state index in [1.54, 1.807) is 11.3 Å². The average molecular weight is 296 g/mol. The van der Waals surface area contributed by atoms with Gasteiger partial charge >= 0.3 is 0 Å². The summed E-state index contributed by atoms with van der Waals surface area (Å²) in [5.74, 6) is 0.205. The Balaban J connectivity index is 1.95. The molecule has 4 nitrogen and oxygen atoms in total. The highest BCUT2D eigenvalue weighted by Crippen LogP contribution is 2.23. The number of nitrogens with zero attached hydrogens (tertiary/aromatic N) is 1. The van der Waals surface area contributed by atoms with E-state index in [-0.39, 0.29) is 18.0 Å². The minimum Gasteiger partial charge on any atom is -0.378 e. The fourth-order valence-corrected chi connectivity index (χ4v) is 3.33. The van der Waals surface area contributed by atoms with Crippen LogP contribution in [-0.4, -0.2) is 43.2 Å². The average Bonchev–Trinajstić information content (AvgIpc) is 2.91. The van der Waals surface area contributed by atoms with Gasteiger partial charge in [-0.05, 0) is 32.4 Å². The Hall–Kier alpha value is -0.910. The maximum atomic E-state index is 12.5. The molecule has 5 heteroatoms. The van der Waals surface area contributed by atoms with Gasteiger partial charge in [-0.2, -0.15) is 0 Å². The molecule has 1 aromatic rings. The molecule has 1 N–H and O–H groups in total. The number of ether oxygens (including phenoxy) is 1. The molecule has 112 valence electrons. The van der Waals surface area contributed by atoms with Crippen LogP contribution in [0, 0.1) is 6.92 Å². The Kier molecular flexibility index (Phi) is 5.57. The van der Waals surface area contributed by atoms with E-state index in [0.717, 1.165) is 6.42 Å². The zero-order valence-electron chi connectivity index (χ0n) is 12.5. The molecule has 1 aliphatic rings. The molecule has 1 amide bonds. The number of carbonyl (C=O) groups is 1. The smallest absolute Gasteiger partial charge is 0.239 e. The van der Waals surface area contributed by atoms with E-state index >= 15 is 0 Å². The molecular formula is C15H24N2O2S. The third kappa shape index (κ3) is 3.81. The predicted octanol–water partition coefficient (Wildman–Crippen LogP) is 2.34. The molecule has 1 saturated heterocycles. The molecule has 0 bridgehead atoms. The Morgan fingerprint density at radius 1 is 1.45 bits per heavy atom. The van der Waals surface area contributed by atoms with Crippen LogP contribution in [0.25, 0.3) is 0 Å². The first-order valence-corrected chi connectivity index (χ1v) is 8.12. The van der Waals surface area contributed by atoms with Crippen molar-refractivity contribution in [2.24, 2.45) is 0 Å². The van der Waals surface area contributed by atoms with E-state index in [0.29, 0.717) is 26.3 Å².